The van der Waals surface area contributed by atoms with Crippen molar-refractivity contribution in [3.05, 3.63) is 46.2 Å². The number of hydrogen-bond acceptors (Lipinski definition) is 5. The van der Waals surface area contributed by atoms with Crippen LogP contribution in [-0.4, -0.2) is 25.4 Å². The van der Waals surface area contributed by atoms with Crippen molar-refractivity contribution in [1.29, 1.82) is 0 Å². The fourth-order valence-corrected chi connectivity index (χ4v) is 3.44. The van der Waals surface area contributed by atoms with Crippen molar-refractivity contribution in [3.8, 4) is 11.5 Å². The average Bonchev–Trinajstić information content (AvgIpc) is 3.01. The van der Waals surface area contributed by atoms with E-state index in [2.05, 4.69) is 5.32 Å². The first-order valence-corrected chi connectivity index (χ1v) is 8.46. The molecule has 0 aliphatic carbocycles. The predicted molar refractivity (Wildman–Crippen MR) is 87.7 cm³/mol. The molecule has 2 N–H and O–H groups in total. The standard InChI is InChI=1S/C17H21NO3S/c1-20-13-4-5-17-14(9-13)15(3-2-7-21-17)18-10-16(19)12-6-8-22-11-12/h4-6,8-9,11,15-16,18-19H,2-3,7,10H2,1H3/t15-,16+/m0/s1. The summed E-state index contributed by atoms with van der Waals surface area (Å²) >= 11 is 1.60. The second-order valence-electron chi connectivity index (χ2n) is 5.43. The lowest BCUT2D eigenvalue weighted by molar-refractivity contribution is 0.169. The number of benzene rings is 1. The third-order valence-electron chi connectivity index (χ3n) is 3.97. The van der Waals surface area contributed by atoms with Gasteiger partial charge in [-0.25, -0.2) is 0 Å². The molecule has 0 unspecified atom stereocenters. The first-order valence-electron chi connectivity index (χ1n) is 7.52. The van der Waals surface area contributed by atoms with Gasteiger partial charge >= 0.3 is 0 Å². The summed E-state index contributed by atoms with van der Waals surface area (Å²) < 4.78 is 11.1. The molecule has 0 amide bonds. The minimum Gasteiger partial charge on any atom is -0.497 e. The first-order chi connectivity index (χ1) is 10.8. The molecule has 0 saturated carbocycles. The summed E-state index contributed by atoms with van der Waals surface area (Å²) in [6, 6.07) is 8.03. The lowest BCUT2D eigenvalue weighted by Crippen LogP contribution is -2.26. The van der Waals surface area contributed by atoms with Crippen LogP contribution in [0, 0.1) is 0 Å². The van der Waals surface area contributed by atoms with Gasteiger partial charge in [0.1, 0.15) is 11.5 Å². The summed E-state index contributed by atoms with van der Waals surface area (Å²) in [4.78, 5) is 0. The lowest BCUT2D eigenvalue weighted by Gasteiger charge is -2.21. The molecule has 22 heavy (non-hydrogen) atoms. The second-order valence-corrected chi connectivity index (χ2v) is 6.21. The Balaban J connectivity index is 1.73. The van der Waals surface area contributed by atoms with Crippen molar-refractivity contribution in [3.63, 3.8) is 0 Å². The van der Waals surface area contributed by atoms with Gasteiger partial charge in [0.15, 0.2) is 0 Å². The van der Waals surface area contributed by atoms with Crippen molar-refractivity contribution in [2.24, 2.45) is 0 Å². The van der Waals surface area contributed by atoms with Crippen LogP contribution in [0.4, 0.5) is 0 Å². The summed E-state index contributed by atoms with van der Waals surface area (Å²) in [5.74, 6) is 1.73. The number of rotatable bonds is 5. The third-order valence-corrected chi connectivity index (χ3v) is 4.67. The molecule has 2 heterocycles. The van der Waals surface area contributed by atoms with Crippen LogP contribution >= 0.6 is 11.3 Å². The number of thiophene rings is 1. The Morgan fingerprint density at radius 1 is 1.45 bits per heavy atom. The fourth-order valence-electron chi connectivity index (χ4n) is 2.73. The van der Waals surface area contributed by atoms with E-state index in [4.69, 9.17) is 9.47 Å². The topological polar surface area (TPSA) is 50.7 Å². The van der Waals surface area contributed by atoms with Crippen LogP contribution in [0.25, 0.3) is 0 Å². The lowest BCUT2D eigenvalue weighted by atomic mass is 10.0. The number of aliphatic hydroxyl groups excluding tert-OH is 1. The molecule has 0 radical (unpaired) electrons. The molecular formula is C17H21NO3S. The molecule has 1 aromatic heterocycles. The Morgan fingerprint density at radius 2 is 2.36 bits per heavy atom. The molecule has 4 nitrogen and oxygen atoms in total. The molecule has 0 saturated heterocycles. The van der Waals surface area contributed by atoms with E-state index in [1.165, 1.54) is 0 Å². The average molecular weight is 319 g/mol. The van der Waals surface area contributed by atoms with Crippen LogP contribution in [-0.2, 0) is 0 Å². The maximum Gasteiger partial charge on any atom is 0.124 e. The molecule has 5 heteroatoms. The summed E-state index contributed by atoms with van der Waals surface area (Å²) in [6.45, 7) is 1.25. The van der Waals surface area contributed by atoms with Gasteiger partial charge in [0, 0.05) is 18.2 Å². The van der Waals surface area contributed by atoms with Crippen LogP contribution in [0.3, 0.4) is 0 Å². The SMILES string of the molecule is COc1ccc2c(c1)[C@@H](NC[C@@H](O)c1ccsc1)CCCO2. The Kier molecular flexibility index (Phi) is 4.97. The first kappa shape index (κ1) is 15.3. The molecule has 1 aromatic carbocycles. The van der Waals surface area contributed by atoms with Gasteiger partial charge in [-0.15, -0.1) is 0 Å². The minimum absolute atomic E-state index is 0.167. The highest BCUT2D eigenvalue weighted by atomic mass is 32.1. The van der Waals surface area contributed by atoms with Gasteiger partial charge in [-0.3, -0.25) is 0 Å². The van der Waals surface area contributed by atoms with Crippen molar-refractivity contribution in [1.82, 2.24) is 5.32 Å². The van der Waals surface area contributed by atoms with E-state index in [9.17, 15) is 5.11 Å². The molecular weight excluding hydrogens is 298 g/mol. The molecule has 0 fully saturated rings. The van der Waals surface area contributed by atoms with E-state index in [-0.39, 0.29) is 6.04 Å². The van der Waals surface area contributed by atoms with Crippen LogP contribution < -0.4 is 14.8 Å². The Bertz CT molecular complexity index is 600. The summed E-state index contributed by atoms with van der Waals surface area (Å²) in [5, 5.41) is 17.7. The van der Waals surface area contributed by atoms with Crippen molar-refractivity contribution < 1.29 is 14.6 Å². The van der Waals surface area contributed by atoms with Crippen LogP contribution in [0.15, 0.2) is 35.0 Å². The van der Waals surface area contributed by atoms with Gasteiger partial charge in [-0.05, 0) is 53.4 Å². The zero-order chi connectivity index (χ0) is 15.4. The number of aliphatic hydroxyl groups is 1. The van der Waals surface area contributed by atoms with Crippen LogP contribution in [0.2, 0.25) is 0 Å². The summed E-state index contributed by atoms with van der Waals surface area (Å²) in [7, 11) is 1.67. The highest BCUT2D eigenvalue weighted by Crippen LogP contribution is 2.34. The second kappa shape index (κ2) is 7.13. The molecule has 2 atom stereocenters. The molecule has 1 aliphatic rings. The maximum atomic E-state index is 10.2. The van der Waals surface area contributed by atoms with E-state index in [0.717, 1.165) is 42.1 Å². The van der Waals surface area contributed by atoms with Gasteiger partial charge in [-0.2, -0.15) is 11.3 Å². The van der Waals surface area contributed by atoms with Gasteiger partial charge in [0.25, 0.3) is 0 Å². The van der Waals surface area contributed by atoms with E-state index < -0.39 is 6.10 Å². The van der Waals surface area contributed by atoms with Gasteiger partial charge in [0.2, 0.25) is 0 Å². The molecule has 1 aliphatic heterocycles. The zero-order valence-electron chi connectivity index (χ0n) is 12.6. The molecule has 2 aromatic rings. The molecule has 118 valence electrons. The normalized spacial score (nSPS) is 18.9. The van der Waals surface area contributed by atoms with E-state index in [0.29, 0.717) is 6.54 Å². The summed E-state index contributed by atoms with van der Waals surface area (Å²) in [6.07, 6.45) is 1.49. The van der Waals surface area contributed by atoms with Gasteiger partial charge in [0.05, 0.1) is 19.8 Å². The van der Waals surface area contributed by atoms with Gasteiger partial charge < -0.3 is 19.9 Å². The number of fused-ring (bicyclic) bond motifs is 1. The van der Waals surface area contributed by atoms with Crippen LogP contribution in [0.1, 0.15) is 36.1 Å². The van der Waals surface area contributed by atoms with E-state index >= 15 is 0 Å². The largest absolute Gasteiger partial charge is 0.497 e. The summed E-state index contributed by atoms with van der Waals surface area (Å²) in [5.41, 5.74) is 2.07. The molecule has 3 rings (SSSR count). The number of hydrogen-bond donors (Lipinski definition) is 2. The highest BCUT2D eigenvalue weighted by molar-refractivity contribution is 7.07. The zero-order valence-corrected chi connectivity index (χ0v) is 13.4. The number of methoxy groups -OCH3 is 1. The Hall–Kier alpha value is -1.56. The van der Waals surface area contributed by atoms with Gasteiger partial charge in [-0.1, -0.05) is 0 Å². The van der Waals surface area contributed by atoms with E-state index in [1.54, 1.807) is 18.4 Å². The van der Waals surface area contributed by atoms with Crippen LogP contribution in [0.5, 0.6) is 11.5 Å². The quantitative estimate of drug-likeness (QED) is 0.888. The smallest absolute Gasteiger partial charge is 0.124 e. The monoisotopic (exact) mass is 319 g/mol. The Labute approximate surface area is 134 Å². The highest BCUT2D eigenvalue weighted by Gasteiger charge is 2.21. The fraction of sp³-hybridized carbons (Fsp3) is 0.412. The predicted octanol–water partition coefficient (Wildman–Crippen LogP) is 3.29. The number of ether oxygens (including phenoxy) is 2. The third kappa shape index (κ3) is 3.43. The van der Waals surface area contributed by atoms with Crippen molar-refractivity contribution in [2.75, 3.05) is 20.3 Å². The van der Waals surface area contributed by atoms with E-state index in [1.807, 2.05) is 35.0 Å². The minimum atomic E-state index is -0.482. The molecule has 0 spiro atoms. The molecule has 0 bridgehead atoms. The maximum absolute atomic E-state index is 10.2. The Morgan fingerprint density at radius 3 is 3.14 bits per heavy atom. The number of nitrogens with one attached hydrogen (secondary N) is 1. The van der Waals surface area contributed by atoms with Crippen molar-refractivity contribution >= 4 is 11.3 Å². The van der Waals surface area contributed by atoms with Crippen molar-refractivity contribution in [2.45, 2.75) is 25.0 Å².